The topological polar surface area (TPSA) is 69.3 Å². The van der Waals surface area contributed by atoms with Crippen molar-refractivity contribution < 1.29 is 0 Å². The van der Waals surface area contributed by atoms with E-state index in [2.05, 4.69) is 16.9 Å². The highest BCUT2D eigenvalue weighted by molar-refractivity contribution is 7.18. The summed E-state index contributed by atoms with van der Waals surface area (Å²) >= 11 is 3.08. The number of hydrogen-bond acceptors (Lipinski definition) is 6. The van der Waals surface area contributed by atoms with Crippen molar-refractivity contribution >= 4 is 37.9 Å². The third-order valence-electron chi connectivity index (χ3n) is 5.24. The van der Waals surface area contributed by atoms with E-state index in [1.54, 1.807) is 26.6 Å². The van der Waals surface area contributed by atoms with Gasteiger partial charge in [-0.3, -0.25) is 18.6 Å². The van der Waals surface area contributed by atoms with Gasteiger partial charge in [0.05, 0.1) is 24.0 Å². The maximum Gasteiger partial charge on any atom is 0.262 e. The SMILES string of the molecule is Cc1csc2nc(Cn3cnc4sc5c(c4c3=O)CCC(C)C5)cc(=O)n12. The first-order chi connectivity index (χ1) is 13.0. The Morgan fingerprint density at radius 3 is 3.04 bits per heavy atom. The molecule has 0 fully saturated rings. The van der Waals surface area contributed by atoms with Crippen LogP contribution in [0.2, 0.25) is 0 Å². The summed E-state index contributed by atoms with van der Waals surface area (Å²) in [6.45, 7) is 4.40. The maximum absolute atomic E-state index is 13.1. The lowest BCUT2D eigenvalue weighted by molar-refractivity contribution is 0.509. The molecule has 0 saturated heterocycles. The molecule has 6 nitrogen and oxygen atoms in total. The molecule has 0 N–H and O–H groups in total. The molecule has 5 rings (SSSR count). The van der Waals surface area contributed by atoms with Crippen LogP contribution in [0.5, 0.6) is 0 Å². The van der Waals surface area contributed by atoms with Gasteiger partial charge in [-0.15, -0.1) is 22.7 Å². The molecule has 1 aliphatic rings. The van der Waals surface area contributed by atoms with Gasteiger partial charge in [0.15, 0.2) is 4.96 Å². The highest BCUT2D eigenvalue weighted by Crippen LogP contribution is 2.35. The minimum atomic E-state index is -0.113. The zero-order valence-corrected chi connectivity index (χ0v) is 16.7. The van der Waals surface area contributed by atoms with Crippen molar-refractivity contribution in [2.24, 2.45) is 5.92 Å². The Morgan fingerprint density at radius 1 is 1.33 bits per heavy atom. The van der Waals surface area contributed by atoms with Crippen LogP contribution in [0.15, 0.2) is 27.4 Å². The van der Waals surface area contributed by atoms with Gasteiger partial charge in [-0.2, -0.15) is 0 Å². The smallest absolute Gasteiger partial charge is 0.262 e. The van der Waals surface area contributed by atoms with E-state index in [1.165, 1.54) is 27.8 Å². The van der Waals surface area contributed by atoms with Crippen LogP contribution in [0.4, 0.5) is 0 Å². The van der Waals surface area contributed by atoms with Gasteiger partial charge < -0.3 is 0 Å². The van der Waals surface area contributed by atoms with E-state index in [4.69, 9.17) is 0 Å². The number of aromatic nitrogens is 4. The Kier molecular flexibility index (Phi) is 3.80. The van der Waals surface area contributed by atoms with Gasteiger partial charge in [0.25, 0.3) is 11.1 Å². The second-order valence-corrected chi connectivity index (χ2v) is 9.21. The largest absolute Gasteiger partial charge is 0.293 e. The van der Waals surface area contributed by atoms with Gasteiger partial charge in [-0.1, -0.05) is 6.92 Å². The highest BCUT2D eigenvalue weighted by Gasteiger charge is 2.23. The van der Waals surface area contributed by atoms with Crippen molar-refractivity contribution in [2.45, 2.75) is 39.7 Å². The molecule has 0 saturated carbocycles. The molecule has 0 spiro atoms. The first-order valence-corrected chi connectivity index (χ1v) is 10.7. The molecule has 0 aliphatic heterocycles. The van der Waals surface area contributed by atoms with Crippen LogP contribution in [-0.2, 0) is 19.4 Å². The lowest BCUT2D eigenvalue weighted by atomic mass is 9.89. The van der Waals surface area contributed by atoms with E-state index in [1.807, 2.05) is 12.3 Å². The molecule has 8 heteroatoms. The summed E-state index contributed by atoms with van der Waals surface area (Å²) < 4.78 is 3.17. The number of fused-ring (bicyclic) bond motifs is 4. The van der Waals surface area contributed by atoms with E-state index >= 15 is 0 Å². The zero-order chi connectivity index (χ0) is 18.7. The molecule has 27 heavy (non-hydrogen) atoms. The fourth-order valence-corrected chi connectivity index (χ4v) is 6.07. The molecule has 4 aromatic rings. The number of aryl methyl sites for hydroxylation is 2. The summed E-state index contributed by atoms with van der Waals surface area (Å²) in [4.78, 5) is 37.4. The average Bonchev–Trinajstić information content (AvgIpc) is 3.18. The van der Waals surface area contributed by atoms with Crippen molar-refractivity contribution in [3.63, 3.8) is 0 Å². The van der Waals surface area contributed by atoms with Crippen molar-refractivity contribution in [1.29, 1.82) is 0 Å². The standard InChI is InChI=1S/C19H18N4O2S2/c1-10-3-4-13-14(5-10)27-17-16(13)18(25)22(9-20-17)7-12-6-15(24)23-11(2)8-26-19(23)21-12/h6,8-10H,3-5,7H2,1-2H3. The monoisotopic (exact) mass is 398 g/mol. The number of nitrogens with zero attached hydrogens (tertiary/aromatic N) is 4. The highest BCUT2D eigenvalue weighted by atomic mass is 32.1. The van der Waals surface area contributed by atoms with Crippen LogP contribution in [0, 0.1) is 12.8 Å². The van der Waals surface area contributed by atoms with Crippen LogP contribution < -0.4 is 11.1 Å². The maximum atomic E-state index is 13.1. The number of thiazole rings is 1. The first kappa shape index (κ1) is 16.8. The minimum absolute atomic E-state index is 0.0311. The Balaban J connectivity index is 1.61. The van der Waals surface area contributed by atoms with Crippen molar-refractivity contribution in [3.05, 3.63) is 60.3 Å². The Labute approximate surface area is 162 Å². The zero-order valence-electron chi connectivity index (χ0n) is 15.1. The average molecular weight is 399 g/mol. The van der Waals surface area contributed by atoms with Crippen molar-refractivity contribution in [2.75, 3.05) is 0 Å². The molecule has 0 radical (unpaired) electrons. The van der Waals surface area contributed by atoms with E-state index < -0.39 is 0 Å². The first-order valence-electron chi connectivity index (χ1n) is 8.97. The van der Waals surface area contributed by atoms with Crippen LogP contribution in [0.1, 0.15) is 35.2 Å². The normalized spacial score (nSPS) is 16.9. The molecule has 1 unspecified atom stereocenters. The van der Waals surface area contributed by atoms with Crippen molar-refractivity contribution in [1.82, 2.24) is 18.9 Å². The summed E-state index contributed by atoms with van der Waals surface area (Å²) in [5.41, 5.74) is 2.49. The number of thiophene rings is 1. The summed E-state index contributed by atoms with van der Waals surface area (Å²) in [5.74, 6) is 0.658. The van der Waals surface area contributed by atoms with Crippen LogP contribution in [0.25, 0.3) is 15.2 Å². The molecule has 4 aromatic heterocycles. The molecule has 0 aromatic carbocycles. The van der Waals surface area contributed by atoms with Gasteiger partial charge in [-0.25, -0.2) is 9.97 Å². The van der Waals surface area contributed by atoms with Gasteiger partial charge in [0.2, 0.25) is 0 Å². The second kappa shape index (κ2) is 6.10. The lowest BCUT2D eigenvalue weighted by Gasteiger charge is -2.17. The Bertz CT molecular complexity index is 1310. The molecule has 0 bridgehead atoms. The van der Waals surface area contributed by atoms with E-state index in [-0.39, 0.29) is 17.7 Å². The van der Waals surface area contributed by atoms with E-state index in [0.29, 0.717) is 16.6 Å². The minimum Gasteiger partial charge on any atom is -0.293 e. The molecule has 138 valence electrons. The van der Waals surface area contributed by atoms with Gasteiger partial charge >= 0.3 is 0 Å². The fourth-order valence-electron chi connectivity index (χ4n) is 3.84. The number of hydrogen-bond donors (Lipinski definition) is 0. The van der Waals surface area contributed by atoms with E-state index in [0.717, 1.165) is 35.2 Å². The second-order valence-electron chi connectivity index (χ2n) is 7.29. The third kappa shape index (κ3) is 2.66. The molecular weight excluding hydrogens is 380 g/mol. The summed E-state index contributed by atoms with van der Waals surface area (Å²) in [6, 6.07) is 1.51. The summed E-state index contributed by atoms with van der Waals surface area (Å²) in [5, 5.41) is 2.67. The summed E-state index contributed by atoms with van der Waals surface area (Å²) in [6.07, 6.45) is 4.67. The molecule has 0 amide bonds. The van der Waals surface area contributed by atoms with Crippen LogP contribution in [-0.4, -0.2) is 18.9 Å². The lowest BCUT2D eigenvalue weighted by Crippen LogP contribution is -2.24. The quantitative estimate of drug-likeness (QED) is 0.520. The van der Waals surface area contributed by atoms with Crippen LogP contribution >= 0.6 is 22.7 Å². The third-order valence-corrected chi connectivity index (χ3v) is 7.35. The van der Waals surface area contributed by atoms with E-state index in [9.17, 15) is 9.59 Å². The Morgan fingerprint density at radius 2 is 2.19 bits per heavy atom. The number of rotatable bonds is 2. The molecular formula is C19H18N4O2S2. The van der Waals surface area contributed by atoms with Crippen LogP contribution in [0.3, 0.4) is 0 Å². The van der Waals surface area contributed by atoms with Crippen molar-refractivity contribution in [3.8, 4) is 0 Å². The molecule has 4 heterocycles. The van der Waals surface area contributed by atoms with Gasteiger partial charge in [-0.05, 0) is 37.7 Å². The summed E-state index contributed by atoms with van der Waals surface area (Å²) in [7, 11) is 0. The molecule has 1 aliphatic carbocycles. The Hall–Kier alpha value is -2.32. The van der Waals surface area contributed by atoms with Gasteiger partial charge in [0, 0.05) is 22.0 Å². The molecule has 1 atom stereocenters. The fraction of sp³-hybridized carbons (Fsp3) is 0.368. The predicted octanol–water partition coefficient (Wildman–Crippen LogP) is 3.01. The van der Waals surface area contributed by atoms with Gasteiger partial charge in [0.1, 0.15) is 4.83 Å². The predicted molar refractivity (Wildman–Crippen MR) is 108 cm³/mol.